The van der Waals surface area contributed by atoms with E-state index in [1.165, 1.54) is 24.1 Å². The quantitative estimate of drug-likeness (QED) is 0.135. The molecule has 5 rings (SSSR count). The van der Waals surface area contributed by atoms with E-state index in [0.717, 1.165) is 5.56 Å². The Bertz CT molecular complexity index is 1870. The van der Waals surface area contributed by atoms with Crippen LogP contribution >= 0.6 is 23.2 Å². The van der Waals surface area contributed by atoms with Gasteiger partial charge in [-0.15, -0.1) is 5.10 Å². The fourth-order valence-electron chi connectivity index (χ4n) is 4.40. The summed E-state index contributed by atoms with van der Waals surface area (Å²) >= 11 is 12.8. The van der Waals surface area contributed by atoms with E-state index in [9.17, 15) is 19.5 Å². The van der Waals surface area contributed by atoms with Crippen molar-refractivity contribution < 1.29 is 24.2 Å². The third-order valence-corrected chi connectivity index (χ3v) is 7.07. The average Bonchev–Trinajstić information content (AvgIpc) is 3.68. The molecule has 0 radical (unpaired) electrons. The molecular weight excluding hydrogens is 621 g/mol. The molecule has 0 unspecified atom stereocenters. The number of ether oxygens (including phenoxy) is 1. The van der Waals surface area contributed by atoms with E-state index in [-0.39, 0.29) is 10.8 Å². The number of carboxylic acids is 1. The molecule has 0 saturated carbocycles. The number of imidazole rings is 1. The van der Waals surface area contributed by atoms with E-state index < -0.39 is 24.0 Å². The van der Waals surface area contributed by atoms with Crippen molar-refractivity contribution in [1.82, 2.24) is 30.3 Å². The molecule has 0 aliphatic heterocycles. The maximum absolute atomic E-state index is 13.3. The molecule has 0 bridgehead atoms. The van der Waals surface area contributed by atoms with Crippen molar-refractivity contribution in [3.8, 4) is 16.9 Å². The van der Waals surface area contributed by atoms with Crippen LogP contribution in [-0.4, -0.2) is 55.1 Å². The number of carbonyl (C=O) groups is 3. The van der Waals surface area contributed by atoms with E-state index in [0.29, 0.717) is 45.5 Å². The summed E-state index contributed by atoms with van der Waals surface area (Å²) in [6, 6.07) is 20.8. The molecule has 45 heavy (non-hydrogen) atoms. The van der Waals surface area contributed by atoms with Gasteiger partial charge in [0.15, 0.2) is 5.69 Å². The zero-order valence-corrected chi connectivity index (χ0v) is 25.1. The van der Waals surface area contributed by atoms with E-state index in [2.05, 4.69) is 30.7 Å². The summed E-state index contributed by atoms with van der Waals surface area (Å²) in [4.78, 5) is 43.9. The molecule has 2 amide bonds. The number of aromatic nitrogens is 5. The monoisotopic (exact) mass is 645 g/mol. The Balaban J connectivity index is 1.40. The number of anilines is 1. The van der Waals surface area contributed by atoms with Gasteiger partial charge in [-0.25, -0.2) is 19.3 Å². The van der Waals surface area contributed by atoms with Crippen LogP contribution in [0.3, 0.4) is 0 Å². The van der Waals surface area contributed by atoms with Crippen molar-refractivity contribution in [2.75, 3.05) is 12.4 Å². The lowest BCUT2D eigenvalue weighted by molar-refractivity contribution is -0.117. The highest BCUT2D eigenvalue weighted by Gasteiger charge is 2.21. The van der Waals surface area contributed by atoms with E-state index >= 15 is 0 Å². The minimum atomic E-state index is -1.22. The molecule has 0 spiro atoms. The highest BCUT2D eigenvalue weighted by atomic mass is 35.5. The molecule has 2 heterocycles. The molecule has 1 atom stereocenters. The molecule has 0 aliphatic carbocycles. The fourth-order valence-corrected chi connectivity index (χ4v) is 4.83. The van der Waals surface area contributed by atoms with Crippen molar-refractivity contribution in [2.24, 2.45) is 0 Å². The van der Waals surface area contributed by atoms with Crippen LogP contribution in [0.1, 0.15) is 33.5 Å². The number of aromatic amines is 1. The number of carboxylic acid groups (broad SMARTS) is 1. The Labute approximate surface area is 266 Å². The predicted molar refractivity (Wildman–Crippen MR) is 168 cm³/mol. The van der Waals surface area contributed by atoms with Crippen LogP contribution < -0.4 is 10.6 Å². The van der Waals surface area contributed by atoms with Crippen LogP contribution in [0.2, 0.25) is 10.2 Å². The average molecular weight is 646 g/mol. The molecule has 0 fully saturated rings. The molecule has 14 heteroatoms. The molecule has 2 aromatic heterocycles. The highest BCUT2D eigenvalue weighted by Crippen LogP contribution is 2.30. The number of carbonyl (C=O) groups excluding carboxylic acids is 2. The van der Waals surface area contributed by atoms with Gasteiger partial charge in [0, 0.05) is 27.9 Å². The van der Waals surface area contributed by atoms with Gasteiger partial charge in [-0.05, 0) is 48.4 Å². The van der Waals surface area contributed by atoms with Crippen molar-refractivity contribution in [3.05, 3.63) is 118 Å². The number of hydrogen-bond donors (Lipinski definition) is 4. The Kier molecular flexibility index (Phi) is 9.56. The summed E-state index contributed by atoms with van der Waals surface area (Å²) in [5.41, 5.74) is 3.40. The van der Waals surface area contributed by atoms with E-state index in [1.54, 1.807) is 48.5 Å². The second-order valence-corrected chi connectivity index (χ2v) is 10.4. The predicted octanol–water partition coefficient (Wildman–Crippen LogP) is 5.95. The lowest BCUT2D eigenvalue weighted by atomic mass is 10.1. The van der Waals surface area contributed by atoms with Crippen LogP contribution in [0.5, 0.6) is 0 Å². The van der Waals surface area contributed by atoms with Crippen LogP contribution in [0.25, 0.3) is 23.0 Å². The van der Waals surface area contributed by atoms with Gasteiger partial charge in [0.25, 0.3) is 0 Å². The molecule has 0 aliphatic rings. The minimum absolute atomic E-state index is 0.230. The molecule has 4 N–H and O–H groups in total. The van der Waals surface area contributed by atoms with Gasteiger partial charge in [-0.3, -0.25) is 10.1 Å². The smallest absolute Gasteiger partial charge is 0.411 e. The first-order valence-corrected chi connectivity index (χ1v) is 14.1. The Morgan fingerprint density at radius 1 is 1.07 bits per heavy atom. The third-order valence-electron chi connectivity index (χ3n) is 6.56. The number of benzene rings is 3. The first-order chi connectivity index (χ1) is 21.7. The number of nitrogens with one attached hydrogen (secondary N) is 3. The van der Waals surface area contributed by atoms with Gasteiger partial charge in [-0.1, -0.05) is 70.9 Å². The second kappa shape index (κ2) is 13.9. The highest BCUT2D eigenvalue weighted by molar-refractivity contribution is 6.32. The number of H-pyrrole nitrogens is 1. The molecular formula is C31H25Cl2N7O5. The van der Waals surface area contributed by atoms with Gasteiger partial charge in [0.05, 0.1) is 25.0 Å². The maximum Gasteiger partial charge on any atom is 0.411 e. The third kappa shape index (κ3) is 7.74. The largest absolute Gasteiger partial charge is 0.476 e. The standard InChI is InChI=1S/C31H25Cl2N7O5/c1-45-31(44)34-22-11-7-19(8-12-22)27-28(33)37-29(36-27)23(15-18-5-3-2-4-6-18)35-26(41)14-9-20-16-21(32)10-13-25(20)40-17-24(30(42)43)38-39-40/h2-14,16-17,23H,15H2,1H3,(H,34,44)(H,35,41)(H,36,37)(H,42,43)/b14-9+/t23-/m0/s1. The van der Waals surface area contributed by atoms with Crippen LogP contribution in [-0.2, 0) is 16.0 Å². The Morgan fingerprint density at radius 2 is 1.82 bits per heavy atom. The topological polar surface area (TPSA) is 164 Å². The number of halogens is 2. The molecule has 3 aromatic carbocycles. The van der Waals surface area contributed by atoms with Crippen molar-refractivity contribution >= 4 is 52.9 Å². The number of nitrogens with zero attached hydrogens (tertiary/aromatic N) is 4. The number of aromatic carboxylic acids is 1. The van der Waals surface area contributed by atoms with E-state index in [4.69, 9.17) is 28.2 Å². The second-order valence-electron chi connectivity index (χ2n) is 9.62. The van der Waals surface area contributed by atoms with Crippen LogP contribution in [0.4, 0.5) is 10.5 Å². The normalized spacial score (nSPS) is 11.7. The first-order valence-electron chi connectivity index (χ1n) is 13.4. The van der Waals surface area contributed by atoms with Crippen molar-refractivity contribution in [2.45, 2.75) is 12.5 Å². The van der Waals surface area contributed by atoms with Gasteiger partial charge < -0.3 is 20.1 Å². The van der Waals surface area contributed by atoms with Crippen LogP contribution in [0.15, 0.2) is 85.1 Å². The molecule has 12 nitrogen and oxygen atoms in total. The lowest BCUT2D eigenvalue weighted by Gasteiger charge is -2.16. The van der Waals surface area contributed by atoms with Crippen molar-refractivity contribution in [1.29, 1.82) is 0 Å². The minimum Gasteiger partial charge on any atom is -0.476 e. The van der Waals surface area contributed by atoms with Gasteiger partial charge in [0.2, 0.25) is 5.91 Å². The maximum atomic E-state index is 13.3. The van der Waals surface area contributed by atoms with Gasteiger partial charge in [-0.2, -0.15) is 0 Å². The first kappa shape index (κ1) is 31.0. The molecule has 0 saturated heterocycles. The summed E-state index contributed by atoms with van der Waals surface area (Å²) in [5, 5.41) is 23.0. The summed E-state index contributed by atoms with van der Waals surface area (Å²) in [6.07, 6.45) is 3.96. The number of rotatable bonds is 10. The fraction of sp³-hybridized carbons (Fsp3) is 0.0968. The summed E-state index contributed by atoms with van der Waals surface area (Å²) < 4.78 is 5.91. The summed E-state index contributed by atoms with van der Waals surface area (Å²) in [7, 11) is 1.28. The molecule has 5 aromatic rings. The number of amides is 2. The lowest BCUT2D eigenvalue weighted by Crippen LogP contribution is -2.29. The zero-order valence-electron chi connectivity index (χ0n) is 23.6. The van der Waals surface area contributed by atoms with E-state index in [1.807, 2.05) is 30.3 Å². The SMILES string of the molecule is COC(=O)Nc1ccc(-c2nc([C@H](Cc3ccccc3)NC(=O)/C=C/c3cc(Cl)ccc3-n3cc(C(=O)O)nn3)[nH]c2Cl)cc1. The van der Waals surface area contributed by atoms with Gasteiger partial charge in [0.1, 0.15) is 16.7 Å². The number of methoxy groups -OCH3 is 1. The Morgan fingerprint density at radius 3 is 2.51 bits per heavy atom. The van der Waals surface area contributed by atoms with Crippen LogP contribution in [0, 0.1) is 0 Å². The molecule has 228 valence electrons. The zero-order chi connectivity index (χ0) is 31.9. The number of hydrogen-bond acceptors (Lipinski definition) is 7. The van der Waals surface area contributed by atoms with Crippen molar-refractivity contribution in [3.63, 3.8) is 0 Å². The summed E-state index contributed by atoms with van der Waals surface area (Å²) in [5.74, 6) is -1.21. The summed E-state index contributed by atoms with van der Waals surface area (Å²) in [6.45, 7) is 0. The van der Waals surface area contributed by atoms with Gasteiger partial charge >= 0.3 is 12.1 Å². The Hall–Kier alpha value is -5.46.